The van der Waals surface area contributed by atoms with Crippen molar-refractivity contribution in [3.05, 3.63) is 62.6 Å². The second kappa shape index (κ2) is 11.2. The summed E-state index contributed by atoms with van der Waals surface area (Å²) in [4.78, 5) is 11.9. The number of carbonyl (C=O) groups excluding carboxylic acids is 1. The Morgan fingerprint density at radius 2 is 1.96 bits per heavy atom. The van der Waals surface area contributed by atoms with Gasteiger partial charge in [-0.25, -0.2) is 5.43 Å². The van der Waals surface area contributed by atoms with Crippen LogP contribution in [-0.2, 0) is 4.79 Å². The number of benzene rings is 2. The maximum absolute atomic E-state index is 11.9. The van der Waals surface area contributed by atoms with E-state index in [4.69, 9.17) is 4.74 Å². The monoisotopic (exact) mass is 506 g/mol. The topological polar surface area (TPSA) is 50.7 Å². The lowest BCUT2D eigenvalue weighted by atomic mass is 10.1. The van der Waals surface area contributed by atoms with E-state index in [1.165, 1.54) is 11.1 Å². The number of ether oxygens (including phenoxy) is 1. The lowest BCUT2D eigenvalue weighted by Crippen LogP contribution is -2.24. The number of rotatable bonds is 8. The van der Waals surface area contributed by atoms with Crippen LogP contribution >= 0.6 is 31.9 Å². The third-order valence-corrected chi connectivity index (χ3v) is 5.26. The smallest absolute Gasteiger partial charge is 0.277 e. The van der Waals surface area contributed by atoms with Crippen LogP contribution in [0.5, 0.6) is 5.75 Å². The Balaban J connectivity index is 1.84. The lowest BCUT2D eigenvalue weighted by molar-refractivity contribution is -0.123. The highest BCUT2D eigenvalue weighted by Crippen LogP contribution is 2.34. The van der Waals surface area contributed by atoms with Crippen molar-refractivity contribution in [3.63, 3.8) is 0 Å². The van der Waals surface area contributed by atoms with E-state index in [1.54, 1.807) is 6.21 Å². The van der Waals surface area contributed by atoms with Crippen molar-refractivity contribution < 1.29 is 9.53 Å². The zero-order valence-electron chi connectivity index (χ0n) is 16.3. The number of allylic oxidation sites excluding steroid dienone is 4. The number of amides is 1. The molecule has 0 aliphatic carbocycles. The summed E-state index contributed by atoms with van der Waals surface area (Å²) in [5, 5.41) is 6.03. The van der Waals surface area contributed by atoms with Crippen molar-refractivity contribution in [2.24, 2.45) is 5.10 Å². The van der Waals surface area contributed by atoms with Crippen LogP contribution in [0.4, 0.5) is 0 Å². The first-order chi connectivity index (χ1) is 13.4. The minimum atomic E-state index is -0.311. The molecule has 0 aliphatic rings. The molecule has 0 saturated heterocycles. The molecule has 0 heterocycles. The fraction of sp³-hybridized carbons (Fsp3) is 0.273. The standard InChI is InChI=1S/C22H24Br2N2O2/c1-15(2)5-4-6-16(3)11-12-25-26-21(27)14-28-20-10-7-17-13-18(23)8-9-19(17)22(20)24/h5,7-13H,4,6,14H2,1-3H3,(H,26,27)/b16-11+,25-12?. The molecule has 1 N–H and O–H groups in total. The summed E-state index contributed by atoms with van der Waals surface area (Å²) in [7, 11) is 0. The fourth-order valence-corrected chi connectivity index (χ4v) is 3.46. The van der Waals surface area contributed by atoms with Crippen molar-refractivity contribution in [2.45, 2.75) is 33.6 Å². The highest BCUT2D eigenvalue weighted by Gasteiger charge is 2.08. The number of hydrogen-bond acceptors (Lipinski definition) is 3. The molecule has 2 rings (SSSR count). The van der Waals surface area contributed by atoms with Crippen LogP contribution in [0.25, 0.3) is 10.8 Å². The molecule has 0 aliphatic heterocycles. The zero-order valence-corrected chi connectivity index (χ0v) is 19.4. The Bertz CT molecular complexity index is 930. The van der Waals surface area contributed by atoms with E-state index in [2.05, 4.69) is 62.3 Å². The van der Waals surface area contributed by atoms with Gasteiger partial charge in [0.05, 0.1) is 4.47 Å². The van der Waals surface area contributed by atoms with Gasteiger partial charge in [0.1, 0.15) is 5.75 Å². The number of carbonyl (C=O) groups is 1. The number of hydrogen-bond donors (Lipinski definition) is 1. The molecule has 0 saturated carbocycles. The summed E-state index contributed by atoms with van der Waals surface area (Å²) in [6.07, 6.45) is 7.69. The summed E-state index contributed by atoms with van der Waals surface area (Å²) >= 11 is 7.01. The molecule has 0 aromatic heterocycles. The van der Waals surface area contributed by atoms with Crippen molar-refractivity contribution in [2.75, 3.05) is 6.61 Å². The summed E-state index contributed by atoms with van der Waals surface area (Å²) in [5.41, 5.74) is 5.00. The normalized spacial score (nSPS) is 11.7. The van der Waals surface area contributed by atoms with Gasteiger partial charge >= 0.3 is 0 Å². The second-order valence-corrected chi connectivity index (χ2v) is 8.39. The Kier molecular flexibility index (Phi) is 8.93. The van der Waals surface area contributed by atoms with Gasteiger partial charge in [-0.15, -0.1) is 0 Å². The van der Waals surface area contributed by atoms with Crippen molar-refractivity contribution >= 4 is 54.8 Å². The van der Waals surface area contributed by atoms with Gasteiger partial charge in [-0.3, -0.25) is 4.79 Å². The predicted molar refractivity (Wildman–Crippen MR) is 124 cm³/mol. The van der Waals surface area contributed by atoms with Crippen molar-refractivity contribution in [1.29, 1.82) is 0 Å². The minimum absolute atomic E-state index is 0.110. The lowest BCUT2D eigenvalue weighted by Gasteiger charge is -2.10. The van der Waals surface area contributed by atoms with Gasteiger partial charge in [-0.2, -0.15) is 5.10 Å². The minimum Gasteiger partial charge on any atom is -0.483 e. The van der Waals surface area contributed by atoms with Gasteiger partial charge in [0.15, 0.2) is 6.61 Å². The summed E-state index contributed by atoms with van der Waals surface area (Å²) in [6.45, 7) is 6.12. The molecule has 0 bridgehead atoms. The summed E-state index contributed by atoms with van der Waals surface area (Å²) in [6, 6.07) is 9.79. The molecule has 2 aromatic rings. The van der Waals surface area contributed by atoms with Crippen LogP contribution < -0.4 is 10.2 Å². The number of nitrogens with zero attached hydrogens (tertiary/aromatic N) is 1. The van der Waals surface area contributed by atoms with Crippen molar-refractivity contribution in [1.82, 2.24) is 5.43 Å². The van der Waals surface area contributed by atoms with Crippen LogP contribution in [0.3, 0.4) is 0 Å². The molecule has 4 nitrogen and oxygen atoms in total. The maximum atomic E-state index is 11.9. The van der Waals surface area contributed by atoms with Crippen LogP contribution in [0, 0.1) is 0 Å². The van der Waals surface area contributed by atoms with Gasteiger partial charge in [0.25, 0.3) is 5.91 Å². The largest absolute Gasteiger partial charge is 0.483 e. The molecule has 28 heavy (non-hydrogen) atoms. The average Bonchev–Trinajstić information content (AvgIpc) is 2.64. The van der Waals surface area contributed by atoms with E-state index in [1.807, 2.05) is 43.3 Å². The third kappa shape index (κ3) is 7.24. The molecular formula is C22H24Br2N2O2. The first-order valence-corrected chi connectivity index (χ1v) is 10.6. The van der Waals surface area contributed by atoms with Crippen LogP contribution in [0.2, 0.25) is 0 Å². The van der Waals surface area contributed by atoms with Crippen LogP contribution in [0.1, 0.15) is 33.6 Å². The third-order valence-electron chi connectivity index (χ3n) is 3.95. The SMILES string of the molecule is CC(C)=CCC/C(C)=C/C=NNC(=O)COc1ccc2cc(Br)ccc2c1Br. The first kappa shape index (κ1) is 22.4. The molecule has 0 spiro atoms. The molecule has 0 fully saturated rings. The van der Waals surface area contributed by atoms with Crippen molar-refractivity contribution in [3.8, 4) is 5.75 Å². The van der Waals surface area contributed by atoms with E-state index < -0.39 is 0 Å². The van der Waals surface area contributed by atoms with E-state index in [0.717, 1.165) is 32.6 Å². The van der Waals surface area contributed by atoms with Gasteiger partial charge < -0.3 is 4.74 Å². The Morgan fingerprint density at radius 3 is 2.71 bits per heavy atom. The Labute approximate surface area is 183 Å². The molecule has 0 unspecified atom stereocenters. The number of fused-ring (bicyclic) bond motifs is 1. The molecule has 0 radical (unpaired) electrons. The van der Waals surface area contributed by atoms with Gasteiger partial charge in [0, 0.05) is 10.7 Å². The molecular weight excluding hydrogens is 484 g/mol. The average molecular weight is 508 g/mol. The Morgan fingerprint density at radius 1 is 1.18 bits per heavy atom. The molecule has 2 aromatic carbocycles. The van der Waals surface area contributed by atoms with Gasteiger partial charge in [-0.05, 0) is 84.6 Å². The number of halogens is 2. The maximum Gasteiger partial charge on any atom is 0.277 e. The number of hydrazone groups is 1. The van der Waals surface area contributed by atoms with Gasteiger partial charge in [-0.1, -0.05) is 45.3 Å². The predicted octanol–water partition coefficient (Wildman–Crippen LogP) is 6.54. The van der Waals surface area contributed by atoms with E-state index in [9.17, 15) is 4.79 Å². The van der Waals surface area contributed by atoms with Crippen LogP contribution in [-0.4, -0.2) is 18.7 Å². The van der Waals surface area contributed by atoms with Gasteiger partial charge in [0.2, 0.25) is 0 Å². The number of nitrogens with one attached hydrogen (secondary N) is 1. The zero-order chi connectivity index (χ0) is 20.5. The molecule has 1 amide bonds. The summed E-state index contributed by atoms with van der Waals surface area (Å²) < 4.78 is 7.46. The molecule has 6 heteroatoms. The fourth-order valence-electron chi connectivity index (χ4n) is 2.48. The van der Waals surface area contributed by atoms with E-state index >= 15 is 0 Å². The Hall–Kier alpha value is -1.92. The van der Waals surface area contributed by atoms with E-state index in [-0.39, 0.29) is 12.5 Å². The molecule has 148 valence electrons. The highest BCUT2D eigenvalue weighted by atomic mass is 79.9. The van der Waals surface area contributed by atoms with Crippen LogP contribution in [0.15, 0.2) is 67.7 Å². The quantitative estimate of drug-likeness (QED) is 0.250. The van der Waals surface area contributed by atoms with E-state index in [0.29, 0.717) is 5.75 Å². The molecule has 0 atom stereocenters. The highest BCUT2D eigenvalue weighted by molar-refractivity contribution is 9.11. The first-order valence-electron chi connectivity index (χ1n) is 8.98. The summed E-state index contributed by atoms with van der Waals surface area (Å²) in [5.74, 6) is 0.304. The second-order valence-electron chi connectivity index (χ2n) is 6.68.